The second-order valence-corrected chi connectivity index (χ2v) is 5.03. The quantitative estimate of drug-likeness (QED) is 0.821. The summed E-state index contributed by atoms with van der Waals surface area (Å²) in [5, 5.41) is 6.86. The van der Waals surface area contributed by atoms with Gasteiger partial charge in [-0.3, -0.25) is 0 Å². The van der Waals surface area contributed by atoms with E-state index in [-0.39, 0.29) is 6.03 Å². The van der Waals surface area contributed by atoms with Crippen LogP contribution in [0.5, 0.6) is 0 Å². The topological polar surface area (TPSA) is 44.4 Å². The normalized spacial score (nSPS) is 20.3. The second kappa shape index (κ2) is 6.07. The van der Waals surface area contributed by atoms with Crippen molar-refractivity contribution in [3.05, 3.63) is 29.3 Å². The van der Waals surface area contributed by atoms with Crippen LogP contribution in [0.2, 0.25) is 5.02 Å². The SMILES string of the molecule is CC1CN(C(=O)Nc2cccc(Cl)c2)CCCN1. The first-order valence-electron chi connectivity index (χ1n) is 6.20. The Morgan fingerprint density at radius 3 is 3.17 bits per heavy atom. The third kappa shape index (κ3) is 3.62. The van der Waals surface area contributed by atoms with Crippen LogP contribution in [0.25, 0.3) is 0 Å². The highest BCUT2D eigenvalue weighted by atomic mass is 35.5. The van der Waals surface area contributed by atoms with E-state index in [4.69, 9.17) is 11.6 Å². The third-order valence-electron chi connectivity index (χ3n) is 2.95. The highest BCUT2D eigenvalue weighted by Crippen LogP contribution is 2.15. The first kappa shape index (κ1) is 13.2. The molecule has 1 aliphatic rings. The molecule has 1 atom stereocenters. The Balaban J connectivity index is 1.98. The third-order valence-corrected chi connectivity index (χ3v) is 3.19. The van der Waals surface area contributed by atoms with E-state index in [2.05, 4.69) is 17.6 Å². The molecule has 1 aromatic carbocycles. The zero-order valence-corrected chi connectivity index (χ0v) is 11.2. The maximum absolute atomic E-state index is 12.1. The summed E-state index contributed by atoms with van der Waals surface area (Å²) in [6.45, 7) is 4.56. The number of nitrogens with zero attached hydrogens (tertiary/aromatic N) is 1. The molecule has 2 rings (SSSR count). The predicted octanol–water partition coefficient (Wildman–Crippen LogP) is 2.56. The van der Waals surface area contributed by atoms with Crippen molar-refractivity contribution in [3.63, 3.8) is 0 Å². The fourth-order valence-electron chi connectivity index (χ4n) is 2.06. The Hall–Kier alpha value is -1.26. The van der Waals surface area contributed by atoms with Crippen molar-refractivity contribution in [1.82, 2.24) is 10.2 Å². The number of amides is 2. The van der Waals surface area contributed by atoms with E-state index in [9.17, 15) is 4.79 Å². The fraction of sp³-hybridized carbons (Fsp3) is 0.462. The van der Waals surface area contributed by atoms with Gasteiger partial charge in [0.2, 0.25) is 0 Å². The number of hydrogen-bond acceptors (Lipinski definition) is 2. The van der Waals surface area contributed by atoms with Crippen molar-refractivity contribution in [1.29, 1.82) is 0 Å². The van der Waals surface area contributed by atoms with Crippen molar-refractivity contribution >= 4 is 23.3 Å². The lowest BCUT2D eigenvalue weighted by Gasteiger charge is -2.23. The second-order valence-electron chi connectivity index (χ2n) is 4.60. The van der Waals surface area contributed by atoms with E-state index in [0.29, 0.717) is 11.1 Å². The predicted molar refractivity (Wildman–Crippen MR) is 74.1 cm³/mol. The van der Waals surface area contributed by atoms with Crippen molar-refractivity contribution < 1.29 is 4.79 Å². The molecule has 1 saturated heterocycles. The van der Waals surface area contributed by atoms with Gasteiger partial charge in [-0.25, -0.2) is 4.79 Å². The molecular formula is C13H18ClN3O. The van der Waals surface area contributed by atoms with E-state index in [1.165, 1.54) is 0 Å². The maximum Gasteiger partial charge on any atom is 0.321 e. The number of rotatable bonds is 1. The number of anilines is 1. The molecule has 1 heterocycles. The molecule has 18 heavy (non-hydrogen) atoms. The zero-order valence-electron chi connectivity index (χ0n) is 10.4. The number of halogens is 1. The molecule has 5 heteroatoms. The van der Waals surface area contributed by atoms with Gasteiger partial charge in [-0.1, -0.05) is 17.7 Å². The fourth-order valence-corrected chi connectivity index (χ4v) is 2.25. The molecule has 2 amide bonds. The molecule has 0 spiro atoms. The lowest BCUT2D eigenvalue weighted by atomic mass is 10.3. The molecule has 1 aliphatic heterocycles. The monoisotopic (exact) mass is 267 g/mol. The minimum Gasteiger partial charge on any atom is -0.323 e. The van der Waals surface area contributed by atoms with Gasteiger partial charge in [0.1, 0.15) is 0 Å². The van der Waals surface area contributed by atoms with Gasteiger partial charge >= 0.3 is 6.03 Å². The maximum atomic E-state index is 12.1. The summed E-state index contributed by atoms with van der Waals surface area (Å²) in [4.78, 5) is 14.0. The minimum atomic E-state index is -0.0622. The van der Waals surface area contributed by atoms with E-state index in [1.807, 2.05) is 17.0 Å². The summed E-state index contributed by atoms with van der Waals surface area (Å²) in [5.41, 5.74) is 0.734. The number of benzene rings is 1. The van der Waals surface area contributed by atoms with Crippen molar-refractivity contribution in [2.75, 3.05) is 25.0 Å². The van der Waals surface area contributed by atoms with Crippen LogP contribution in [0.15, 0.2) is 24.3 Å². The molecule has 0 aliphatic carbocycles. The highest BCUT2D eigenvalue weighted by molar-refractivity contribution is 6.30. The van der Waals surface area contributed by atoms with Crippen LogP contribution in [0, 0.1) is 0 Å². The number of urea groups is 1. The minimum absolute atomic E-state index is 0.0622. The molecule has 0 aromatic heterocycles. The molecule has 1 aromatic rings. The van der Waals surface area contributed by atoms with E-state index in [0.717, 1.165) is 31.7 Å². The Labute approximate surface area is 112 Å². The van der Waals surface area contributed by atoms with Gasteiger partial charge in [0.05, 0.1) is 0 Å². The van der Waals surface area contributed by atoms with Gasteiger partial charge in [-0.05, 0) is 38.1 Å². The lowest BCUT2D eigenvalue weighted by Crippen LogP contribution is -2.41. The number of nitrogens with one attached hydrogen (secondary N) is 2. The molecular weight excluding hydrogens is 250 g/mol. The van der Waals surface area contributed by atoms with Crippen LogP contribution < -0.4 is 10.6 Å². The van der Waals surface area contributed by atoms with Crippen LogP contribution in [-0.2, 0) is 0 Å². The molecule has 98 valence electrons. The Bertz CT molecular complexity index is 424. The van der Waals surface area contributed by atoms with Gasteiger partial charge in [-0.2, -0.15) is 0 Å². The molecule has 0 bridgehead atoms. The largest absolute Gasteiger partial charge is 0.323 e. The average molecular weight is 268 g/mol. The van der Waals surface area contributed by atoms with Crippen LogP contribution in [0.4, 0.5) is 10.5 Å². The Kier molecular flexibility index (Phi) is 4.44. The standard InChI is InChI=1S/C13H18ClN3O/c1-10-9-17(7-3-6-15-10)13(18)16-12-5-2-4-11(14)8-12/h2,4-5,8,10,15H,3,6-7,9H2,1H3,(H,16,18). The smallest absolute Gasteiger partial charge is 0.321 e. The first-order valence-corrected chi connectivity index (χ1v) is 6.58. The zero-order chi connectivity index (χ0) is 13.0. The Morgan fingerprint density at radius 2 is 2.39 bits per heavy atom. The van der Waals surface area contributed by atoms with E-state index in [1.54, 1.807) is 12.1 Å². The average Bonchev–Trinajstić information content (AvgIpc) is 2.54. The number of carbonyl (C=O) groups excluding carboxylic acids is 1. The molecule has 1 fully saturated rings. The van der Waals surface area contributed by atoms with Crippen molar-refractivity contribution in [3.8, 4) is 0 Å². The van der Waals surface area contributed by atoms with Gasteiger partial charge in [0.25, 0.3) is 0 Å². The molecule has 0 radical (unpaired) electrons. The highest BCUT2D eigenvalue weighted by Gasteiger charge is 2.18. The van der Waals surface area contributed by atoms with Gasteiger partial charge in [0, 0.05) is 29.8 Å². The molecule has 0 saturated carbocycles. The summed E-state index contributed by atoms with van der Waals surface area (Å²) in [6.07, 6.45) is 0.979. The van der Waals surface area contributed by atoms with Crippen LogP contribution in [0.1, 0.15) is 13.3 Å². The summed E-state index contributed by atoms with van der Waals surface area (Å²) in [7, 11) is 0. The van der Waals surface area contributed by atoms with Crippen LogP contribution in [0.3, 0.4) is 0 Å². The van der Waals surface area contributed by atoms with E-state index < -0.39 is 0 Å². The number of carbonyl (C=O) groups is 1. The first-order chi connectivity index (χ1) is 8.65. The molecule has 1 unspecified atom stereocenters. The van der Waals surface area contributed by atoms with Gasteiger partial charge in [-0.15, -0.1) is 0 Å². The lowest BCUT2D eigenvalue weighted by molar-refractivity contribution is 0.211. The van der Waals surface area contributed by atoms with Gasteiger partial charge in [0.15, 0.2) is 0 Å². The molecule has 2 N–H and O–H groups in total. The van der Waals surface area contributed by atoms with Crippen molar-refractivity contribution in [2.45, 2.75) is 19.4 Å². The summed E-state index contributed by atoms with van der Waals surface area (Å²) in [6, 6.07) is 7.47. The van der Waals surface area contributed by atoms with Crippen LogP contribution in [-0.4, -0.2) is 36.6 Å². The van der Waals surface area contributed by atoms with Gasteiger partial charge < -0.3 is 15.5 Å². The van der Waals surface area contributed by atoms with Crippen LogP contribution >= 0.6 is 11.6 Å². The number of hydrogen-bond donors (Lipinski definition) is 2. The van der Waals surface area contributed by atoms with Crippen molar-refractivity contribution in [2.24, 2.45) is 0 Å². The summed E-state index contributed by atoms with van der Waals surface area (Å²) < 4.78 is 0. The Morgan fingerprint density at radius 1 is 1.56 bits per heavy atom. The summed E-state index contributed by atoms with van der Waals surface area (Å²) >= 11 is 5.89. The summed E-state index contributed by atoms with van der Waals surface area (Å²) in [5.74, 6) is 0. The molecule has 4 nitrogen and oxygen atoms in total. The van der Waals surface area contributed by atoms with E-state index >= 15 is 0 Å².